The Morgan fingerprint density at radius 2 is 1.85 bits per heavy atom. The Labute approximate surface area is 126 Å². The van der Waals surface area contributed by atoms with Crippen LogP contribution in [0.5, 0.6) is 0 Å². The van der Waals surface area contributed by atoms with Crippen LogP contribution in [-0.2, 0) is 6.42 Å². The molecule has 0 saturated heterocycles. The zero-order valence-electron chi connectivity index (χ0n) is 12.8. The predicted molar refractivity (Wildman–Crippen MR) is 88.2 cm³/mol. The van der Waals surface area contributed by atoms with E-state index in [-0.39, 0.29) is 0 Å². The average Bonchev–Trinajstić information content (AvgIpc) is 2.89. The van der Waals surface area contributed by atoms with Crippen molar-refractivity contribution in [3.8, 4) is 10.6 Å². The molecule has 2 rings (SSSR count). The first kappa shape index (κ1) is 15.2. The van der Waals surface area contributed by atoms with Gasteiger partial charge in [-0.05, 0) is 31.4 Å². The highest BCUT2D eigenvalue weighted by Gasteiger charge is 2.10. The SMILES string of the molecule is CCNC(C)c1csc(-c2ccc(CC(C)C)cc2)n1. The second kappa shape index (κ2) is 7.00. The van der Waals surface area contributed by atoms with E-state index in [9.17, 15) is 0 Å². The summed E-state index contributed by atoms with van der Waals surface area (Å²) in [6, 6.07) is 9.16. The molecule has 0 aliphatic carbocycles. The van der Waals surface area contributed by atoms with E-state index in [1.807, 2.05) is 0 Å². The van der Waals surface area contributed by atoms with E-state index in [1.54, 1.807) is 11.3 Å². The Balaban J connectivity index is 2.11. The fraction of sp³-hybridized carbons (Fsp3) is 0.471. The van der Waals surface area contributed by atoms with Crippen molar-refractivity contribution < 1.29 is 0 Å². The maximum Gasteiger partial charge on any atom is 0.123 e. The van der Waals surface area contributed by atoms with E-state index < -0.39 is 0 Å². The van der Waals surface area contributed by atoms with Gasteiger partial charge < -0.3 is 5.32 Å². The van der Waals surface area contributed by atoms with Gasteiger partial charge in [0, 0.05) is 17.0 Å². The largest absolute Gasteiger partial charge is 0.309 e. The first-order valence-corrected chi connectivity index (χ1v) is 8.26. The van der Waals surface area contributed by atoms with Gasteiger partial charge in [-0.1, -0.05) is 45.0 Å². The first-order valence-electron chi connectivity index (χ1n) is 7.38. The molecule has 0 radical (unpaired) electrons. The molecule has 0 bridgehead atoms. The van der Waals surface area contributed by atoms with Gasteiger partial charge in [0.25, 0.3) is 0 Å². The van der Waals surface area contributed by atoms with Crippen LogP contribution in [0.3, 0.4) is 0 Å². The van der Waals surface area contributed by atoms with Crippen molar-refractivity contribution in [3.05, 3.63) is 40.9 Å². The zero-order chi connectivity index (χ0) is 14.5. The number of aromatic nitrogens is 1. The lowest BCUT2D eigenvalue weighted by Crippen LogP contribution is -2.17. The van der Waals surface area contributed by atoms with Gasteiger partial charge in [0.05, 0.1) is 5.69 Å². The molecule has 2 nitrogen and oxygen atoms in total. The lowest BCUT2D eigenvalue weighted by molar-refractivity contribution is 0.587. The number of thiazole rings is 1. The van der Waals surface area contributed by atoms with E-state index >= 15 is 0 Å². The van der Waals surface area contributed by atoms with Crippen LogP contribution in [0.25, 0.3) is 10.6 Å². The van der Waals surface area contributed by atoms with Crippen molar-refractivity contribution in [2.45, 2.75) is 40.2 Å². The second-order valence-corrected chi connectivity index (χ2v) is 6.51. The van der Waals surface area contributed by atoms with E-state index in [1.165, 1.54) is 11.1 Å². The van der Waals surface area contributed by atoms with E-state index in [2.05, 4.69) is 62.7 Å². The molecule has 0 spiro atoms. The van der Waals surface area contributed by atoms with Crippen LogP contribution in [0.4, 0.5) is 0 Å². The highest BCUT2D eigenvalue weighted by atomic mass is 32.1. The molecule has 1 N–H and O–H groups in total. The monoisotopic (exact) mass is 288 g/mol. The topological polar surface area (TPSA) is 24.9 Å². The van der Waals surface area contributed by atoms with Crippen molar-refractivity contribution in [1.29, 1.82) is 0 Å². The number of nitrogens with zero attached hydrogens (tertiary/aromatic N) is 1. The van der Waals surface area contributed by atoms with Crippen LogP contribution in [0, 0.1) is 5.92 Å². The smallest absolute Gasteiger partial charge is 0.123 e. The van der Waals surface area contributed by atoms with Gasteiger partial charge in [0.2, 0.25) is 0 Å². The minimum atomic E-state index is 0.324. The number of rotatable bonds is 6. The number of hydrogen-bond donors (Lipinski definition) is 1. The Morgan fingerprint density at radius 3 is 2.45 bits per heavy atom. The van der Waals surface area contributed by atoms with Gasteiger partial charge >= 0.3 is 0 Å². The molecule has 1 aromatic carbocycles. The molecule has 0 fully saturated rings. The highest BCUT2D eigenvalue weighted by molar-refractivity contribution is 7.13. The molecule has 0 aliphatic heterocycles. The van der Waals surface area contributed by atoms with E-state index in [0.29, 0.717) is 12.0 Å². The van der Waals surface area contributed by atoms with Crippen molar-refractivity contribution in [2.24, 2.45) is 5.92 Å². The zero-order valence-corrected chi connectivity index (χ0v) is 13.6. The lowest BCUT2D eigenvalue weighted by atomic mass is 10.0. The van der Waals surface area contributed by atoms with Gasteiger partial charge in [-0.2, -0.15) is 0 Å². The summed E-state index contributed by atoms with van der Waals surface area (Å²) < 4.78 is 0. The first-order chi connectivity index (χ1) is 9.60. The number of hydrogen-bond acceptors (Lipinski definition) is 3. The van der Waals surface area contributed by atoms with Crippen LogP contribution in [0.2, 0.25) is 0 Å². The summed E-state index contributed by atoms with van der Waals surface area (Å²) in [7, 11) is 0. The molecule has 1 atom stereocenters. The predicted octanol–water partition coefficient (Wildman–Crippen LogP) is 4.68. The Hall–Kier alpha value is -1.19. The molecule has 0 amide bonds. The molecule has 0 aliphatic rings. The van der Waals surface area contributed by atoms with Gasteiger partial charge in [0.15, 0.2) is 0 Å². The highest BCUT2D eigenvalue weighted by Crippen LogP contribution is 2.26. The Morgan fingerprint density at radius 1 is 1.15 bits per heavy atom. The van der Waals surface area contributed by atoms with E-state index in [4.69, 9.17) is 4.98 Å². The lowest BCUT2D eigenvalue weighted by Gasteiger charge is -2.08. The molecule has 1 heterocycles. The van der Waals surface area contributed by atoms with Crippen LogP contribution >= 0.6 is 11.3 Å². The number of benzene rings is 1. The fourth-order valence-corrected chi connectivity index (χ4v) is 3.20. The maximum absolute atomic E-state index is 4.75. The summed E-state index contributed by atoms with van der Waals surface area (Å²) in [4.78, 5) is 4.75. The second-order valence-electron chi connectivity index (χ2n) is 5.65. The summed E-state index contributed by atoms with van der Waals surface area (Å²) in [5.41, 5.74) is 3.76. The van der Waals surface area contributed by atoms with Crippen LogP contribution in [-0.4, -0.2) is 11.5 Å². The quantitative estimate of drug-likeness (QED) is 0.835. The van der Waals surface area contributed by atoms with Crippen LogP contribution in [0.1, 0.15) is 45.0 Å². The van der Waals surface area contributed by atoms with Crippen molar-refractivity contribution >= 4 is 11.3 Å². The normalized spacial score (nSPS) is 12.8. The van der Waals surface area contributed by atoms with Crippen molar-refractivity contribution in [3.63, 3.8) is 0 Å². The maximum atomic E-state index is 4.75. The summed E-state index contributed by atoms with van der Waals surface area (Å²) >= 11 is 1.73. The fourth-order valence-electron chi connectivity index (χ4n) is 2.28. The molecule has 3 heteroatoms. The molecule has 1 unspecified atom stereocenters. The molecule has 1 aromatic heterocycles. The van der Waals surface area contributed by atoms with E-state index in [0.717, 1.165) is 23.7 Å². The third kappa shape index (κ3) is 3.90. The molecule has 0 saturated carbocycles. The standard InChI is InChI=1S/C17H24N2S/c1-5-18-13(4)16-11-20-17(19-16)15-8-6-14(7-9-15)10-12(2)3/h6-9,11-13,18H,5,10H2,1-4H3. The third-order valence-corrected chi connectivity index (χ3v) is 4.23. The summed E-state index contributed by atoms with van der Waals surface area (Å²) in [6.45, 7) is 9.76. The van der Waals surface area contributed by atoms with Gasteiger partial charge in [-0.3, -0.25) is 0 Å². The van der Waals surface area contributed by atoms with Gasteiger partial charge in [0.1, 0.15) is 5.01 Å². The summed E-state index contributed by atoms with van der Waals surface area (Å²) in [5, 5.41) is 6.67. The Bertz CT molecular complexity index is 528. The molecular weight excluding hydrogens is 264 g/mol. The Kier molecular flexibility index (Phi) is 5.32. The summed E-state index contributed by atoms with van der Waals surface area (Å²) in [6.07, 6.45) is 1.14. The van der Waals surface area contributed by atoms with Crippen LogP contribution < -0.4 is 5.32 Å². The molecular formula is C17H24N2S. The third-order valence-electron chi connectivity index (χ3n) is 3.32. The van der Waals surface area contributed by atoms with Crippen LogP contribution in [0.15, 0.2) is 29.6 Å². The van der Waals surface area contributed by atoms with Gasteiger partial charge in [-0.25, -0.2) is 4.98 Å². The van der Waals surface area contributed by atoms with Crippen molar-refractivity contribution in [2.75, 3.05) is 6.54 Å². The number of nitrogens with one attached hydrogen (secondary N) is 1. The van der Waals surface area contributed by atoms with Gasteiger partial charge in [-0.15, -0.1) is 11.3 Å². The average molecular weight is 288 g/mol. The summed E-state index contributed by atoms with van der Waals surface area (Å²) in [5.74, 6) is 0.702. The minimum Gasteiger partial charge on any atom is -0.309 e. The molecule has 2 aromatic rings. The minimum absolute atomic E-state index is 0.324. The van der Waals surface area contributed by atoms with Crippen molar-refractivity contribution in [1.82, 2.24) is 10.3 Å². The molecule has 20 heavy (non-hydrogen) atoms. The molecule has 108 valence electrons.